The van der Waals surface area contributed by atoms with E-state index in [0.29, 0.717) is 5.92 Å². The standard InChI is InChI=1S/C28H31N3O2/c1-33-28-5-3-2-4-25(28)21-10-13-30(14-11-21)18-20-6-7-23(19-32)27(16-20)31-15-12-22-17-24(29)8-9-26(22)31/h2-9,16-17,19,21H,10-15,18,29H2,1H3. The van der Waals surface area contributed by atoms with Gasteiger partial charge in [0.2, 0.25) is 0 Å². The third-order valence-corrected chi connectivity index (χ3v) is 7.08. The summed E-state index contributed by atoms with van der Waals surface area (Å²) >= 11 is 0. The Hall–Kier alpha value is -3.31. The number of nitrogens with two attached hydrogens (primary N) is 1. The number of rotatable bonds is 6. The first-order valence-electron chi connectivity index (χ1n) is 11.8. The van der Waals surface area contributed by atoms with Crippen molar-refractivity contribution in [1.29, 1.82) is 0 Å². The molecule has 3 aromatic carbocycles. The first-order valence-corrected chi connectivity index (χ1v) is 11.8. The lowest BCUT2D eigenvalue weighted by Gasteiger charge is -2.33. The van der Waals surface area contributed by atoms with E-state index in [0.717, 1.165) is 80.1 Å². The van der Waals surface area contributed by atoms with Crippen molar-refractivity contribution in [3.05, 3.63) is 82.9 Å². The Kier molecular flexibility index (Phi) is 6.05. The Labute approximate surface area is 195 Å². The molecule has 2 heterocycles. The summed E-state index contributed by atoms with van der Waals surface area (Å²) in [6.45, 7) is 3.87. The normalized spacial score (nSPS) is 16.6. The molecule has 1 fully saturated rings. The number of hydrogen-bond donors (Lipinski definition) is 1. The molecule has 0 saturated carbocycles. The Morgan fingerprint density at radius 2 is 1.82 bits per heavy atom. The van der Waals surface area contributed by atoms with Crippen molar-refractivity contribution in [2.45, 2.75) is 31.7 Å². The molecule has 3 aromatic rings. The van der Waals surface area contributed by atoms with Gasteiger partial charge in [-0.15, -0.1) is 0 Å². The van der Waals surface area contributed by atoms with Crippen molar-refractivity contribution in [2.24, 2.45) is 0 Å². The van der Waals surface area contributed by atoms with Crippen LogP contribution in [0.2, 0.25) is 0 Å². The molecule has 0 atom stereocenters. The second kappa shape index (κ2) is 9.28. The highest BCUT2D eigenvalue weighted by molar-refractivity contribution is 5.88. The lowest BCUT2D eigenvalue weighted by atomic mass is 9.88. The molecule has 5 rings (SSSR count). The van der Waals surface area contributed by atoms with E-state index in [1.54, 1.807) is 7.11 Å². The van der Waals surface area contributed by atoms with Crippen LogP contribution in [0.25, 0.3) is 0 Å². The highest BCUT2D eigenvalue weighted by Crippen LogP contribution is 2.38. The van der Waals surface area contributed by atoms with Crippen LogP contribution in [0.4, 0.5) is 17.1 Å². The van der Waals surface area contributed by atoms with Crippen LogP contribution < -0.4 is 15.4 Å². The number of ether oxygens (including phenoxy) is 1. The number of aldehydes is 1. The number of likely N-dealkylation sites (tertiary alicyclic amines) is 1. The molecule has 0 spiro atoms. The Morgan fingerprint density at radius 3 is 2.61 bits per heavy atom. The van der Waals surface area contributed by atoms with Gasteiger partial charge in [-0.3, -0.25) is 9.69 Å². The summed E-state index contributed by atoms with van der Waals surface area (Å²) in [6.07, 6.45) is 4.16. The molecule has 0 aliphatic carbocycles. The number of para-hydroxylation sites is 1. The van der Waals surface area contributed by atoms with E-state index in [1.165, 1.54) is 16.7 Å². The highest BCUT2D eigenvalue weighted by atomic mass is 16.5. The molecular formula is C28H31N3O2. The zero-order valence-electron chi connectivity index (χ0n) is 19.2. The summed E-state index contributed by atoms with van der Waals surface area (Å²) in [5.74, 6) is 1.54. The average molecular weight is 442 g/mol. The molecule has 5 nitrogen and oxygen atoms in total. The second-order valence-corrected chi connectivity index (χ2v) is 9.09. The van der Waals surface area contributed by atoms with Crippen molar-refractivity contribution in [1.82, 2.24) is 4.90 Å². The topological polar surface area (TPSA) is 58.8 Å². The number of fused-ring (bicyclic) bond motifs is 1. The van der Waals surface area contributed by atoms with Crippen LogP contribution in [0.15, 0.2) is 60.7 Å². The van der Waals surface area contributed by atoms with Crippen LogP contribution in [-0.4, -0.2) is 37.9 Å². The van der Waals surface area contributed by atoms with E-state index in [9.17, 15) is 4.79 Å². The van der Waals surface area contributed by atoms with Crippen LogP contribution in [0.3, 0.4) is 0 Å². The van der Waals surface area contributed by atoms with Crippen molar-refractivity contribution >= 4 is 23.3 Å². The minimum absolute atomic E-state index is 0.541. The van der Waals surface area contributed by atoms with Gasteiger partial charge in [-0.1, -0.05) is 24.3 Å². The molecule has 0 aromatic heterocycles. The number of methoxy groups -OCH3 is 1. The minimum Gasteiger partial charge on any atom is -0.496 e. The summed E-state index contributed by atoms with van der Waals surface area (Å²) in [5.41, 5.74) is 13.5. The van der Waals surface area contributed by atoms with Crippen LogP contribution in [0, 0.1) is 0 Å². The van der Waals surface area contributed by atoms with Gasteiger partial charge < -0.3 is 15.4 Å². The fourth-order valence-corrected chi connectivity index (χ4v) is 5.36. The molecule has 2 N–H and O–H groups in total. The second-order valence-electron chi connectivity index (χ2n) is 9.09. The number of nitrogens with zero attached hydrogens (tertiary/aromatic N) is 2. The van der Waals surface area contributed by atoms with Crippen LogP contribution in [0.1, 0.15) is 45.8 Å². The van der Waals surface area contributed by atoms with Gasteiger partial charge in [-0.05, 0) is 91.4 Å². The van der Waals surface area contributed by atoms with E-state index >= 15 is 0 Å². The summed E-state index contributed by atoms with van der Waals surface area (Å²) in [6, 6.07) is 20.7. The van der Waals surface area contributed by atoms with E-state index in [2.05, 4.69) is 46.2 Å². The smallest absolute Gasteiger partial charge is 0.152 e. The predicted molar refractivity (Wildman–Crippen MR) is 134 cm³/mol. The lowest BCUT2D eigenvalue weighted by Crippen LogP contribution is -2.32. The van der Waals surface area contributed by atoms with E-state index < -0.39 is 0 Å². The molecular weight excluding hydrogens is 410 g/mol. The van der Waals surface area contributed by atoms with Crippen molar-refractivity contribution in [2.75, 3.05) is 37.4 Å². The number of carbonyl (C=O) groups is 1. The van der Waals surface area contributed by atoms with Gasteiger partial charge in [0.05, 0.1) is 12.8 Å². The van der Waals surface area contributed by atoms with Gasteiger partial charge >= 0.3 is 0 Å². The molecule has 0 bridgehead atoms. The third-order valence-electron chi connectivity index (χ3n) is 7.08. The summed E-state index contributed by atoms with van der Waals surface area (Å²) in [4.78, 5) is 16.6. The molecule has 33 heavy (non-hydrogen) atoms. The van der Waals surface area contributed by atoms with Crippen LogP contribution in [-0.2, 0) is 13.0 Å². The lowest BCUT2D eigenvalue weighted by molar-refractivity contribution is 0.112. The third kappa shape index (κ3) is 4.33. The molecule has 0 amide bonds. The number of benzene rings is 3. The van der Waals surface area contributed by atoms with Crippen LogP contribution >= 0.6 is 0 Å². The fraction of sp³-hybridized carbons (Fsp3) is 0.321. The van der Waals surface area contributed by atoms with Gasteiger partial charge in [0.15, 0.2) is 6.29 Å². The quantitative estimate of drug-likeness (QED) is 0.423. The van der Waals surface area contributed by atoms with Crippen LogP contribution in [0.5, 0.6) is 5.75 Å². The number of nitrogen functional groups attached to an aromatic ring is 1. The summed E-state index contributed by atoms with van der Waals surface area (Å²) < 4.78 is 5.58. The molecule has 2 aliphatic rings. The molecule has 0 unspecified atom stereocenters. The van der Waals surface area contributed by atoms with Gasteiger partial charge in [-0.2, -0.15) is 0 Å². The molecule has 5 heteroatoms. The van der Waals surface area contributed by atoms with E-state index in [4.69, 9.17) is 10.5 Å². The highest BCUT2D eigenvalue weighted by Gasteiger charge is 2.25. The minimum atomic E-state index is 0.541. The van der Waals surface area contributed by atoms with Gasteiger partial charge in [0.25, 0.3) is 0 Å². The molecule has 0 radical (unpaired) electrons. The average Bonchev–Trinajstić information content (AvgIpc) is 3.27. The maximum absolute atomic E-state index is 11.8. The number of carbonyl (C=O) groups excluding carboxylic acids is 1. The Bertz CT molecular complexity index is 1150. The number of hydrogen-bond acceptors (Lipinski definition) is 5. The molecule has 170 valence electrons. The summed E-state index contributed by atoms with van der Waals surface area (Å²) in [7, 11) is 1.75. The first kappa shape index (κ1) is 21.5. The summed E-state index contributed by atoms with van der Waals surface area (Å²) in [5, 5.41) is 0. The number of anilines is 3. The zero-order chi connectivity index (χ0) is 22.8. The predicted octanol–water partition coefficient (Wildman–Crippen LogP) is 5.16. The maximum Gasteiger partial charge on any atom is 0.152 e. The van der Waals surface area contributed by atoms with E-state index in [-0.39, 0.29) is 0 Å². The largest absolute Gasteiger partial charge is 0.496 e. The van der Waals surface area contributed by atoms with Crippen molar-refractivity contribution < 1.29 is 9.53 Å². The number of piperidine rings is 1. The van der Waals surface area contributed by atoms with Crippen molar-refractivity contribution in [3.63, 3.8) is 0 Å². The van der Waals surface area contributed by atoms with Gasteiger partial charge in [0, 0.05) is 30.0 Å². The SMILES string of the molecule is COc1ccccc1C1CCN(Cc2ccc(C=O)c(N3CCc4cc(N)ccc43)c2)CC1. The molecule has 2 aliphatic heterocycles. The Balaban J connectivity index is 1.30. The van der Waals surface area contributed by atoms with Gasteiger partial charge in [-0.25, -0.2) is 0 Å². The Morgan fingerprint density at radius 1 is 1.00 bits per heavy atom. The van der Waals surface area contributed by atoms with Gasteiger partial charge in [0.1, 0.15) is 5.75 Å². The van der Waals surface area contributed by atoms with Crippen molar-refractivity contribution in [3.8, 4) is 5.75 Å². The maximum atomic E-state index is 11.8. The zero-order valence-corrected chi connectivity index (χ0v) is 19.2. The molecule has 1 saturated heterocycles. The monoisotopic (exact) mass is 441 g/mol. The van der Waals surface area contributed by atoms with E-state index in [1.807, 2.05) is 24.3 Å². The fourth-order valence-electron chi connectivity index (χ4n) is 5.36. The first-order chi connectivity index (χ1) is 16.2.